The van der Waals surface area contributed by atoms with Crippen molar-refractivity contribution in [1.29, 1.82) is 0 Å². The van der Waals surface area contributed by atoms with E-state index >= 15 is 0 Å². The summed E-state index contributed by atoms with van der Waals surface area (Å²) in [5.41, 5.74) is 3.50. The molecule has 0 aromatic heterocycles. The Labute approximate surface area is 175 Å². The van der Waals surface area contributed by atoms with E-state index in [1.807, 2.05) is 6.07 Å². The van der Waals surface area contributed by atoms with Crippen LogP contribution in [0.2, 0.25) is 0 Å². The van der Waals surface area contributed by atoms with Crippen LogP contribution in [-0.2, 0) is 9.59 Å². The Morgan fingerprint density at radius 1 is 1.14 bits per heavy atom. The molecule has 29 heavy (non-hydrogen) atoms. The Morgan fingerprint density at radius 3 is 2.55 bits per heavy atom. The summed E-state index contributed by atoms with van der Waals surface area (Å²) in [4.78, 5) is 35.8. The monoisotopic (exact) mass is 429 g/mol. The number of hydrazine groups is 1. The third kappa shape index (κ3) is 5.33. The Bertz CT molecular complexity index is 994. The maximum absolute atomic E-state index is 12.7. The van der Waals surface area contributed by atoms with Gasteiger partial charge in [-0.15, -0.1) is 0 Å². The molecule has 0 atom stereocenters. The normalized spacial score (nSPS) is 14.8. The molecule has 10 heteroatoms. The van der Waals surface area contributed by atoms with Gasteiger partial charge in [-0.25, -0.2) is 15.0 Å². The van der Waals surface area contributed by atoms with Crippen LogP contribution >= 0.6 is 24.0 Å². The number of hydrogen-bond donors (Lipinski definition) is 3. The molecule has 1 saturated heterocycles. The number of hydrogen-bond acceptors (Lipinski definition) is 6. The number of thiocarbonyl (C=S) groups is 1. The van der Waals surface area contributed by atoms with Crippen molar-refractivity contribution in [2.75, 3.05) is 11.9 Å². The van der Waals surface area contributed by atoms with Crippen molar-refractivity contribution >= 4 is 58.0 Å². The van der Waals surface area contributed by atoms with Gasteiger partial charge in [0.05, 0.1) is 4.91 Å². The number of anilines is 1. The maximum atomic E-state index is 12.7. The fourth-order valence-corrected chi connectivity index (χ4v) is 3.53. The summed E-state index contributed by atoms with van der Waals surface area (Å²) < 4.78 is 5.40. The number of ether oxygens (including phenoxy) is 1. The van der Waals surface area contributed by atoms with Crippen LogP contribution in [0, 0.1) is 0 Å². The molecule has 0 saturated carbocycles. The van der Waals surface area contributed by atoms with Gasteiger partial charge in [0.25, 0.3) is 5.91 Å². The topological polar surface area (TPSA) is 108 Å². The summed E-state index contributed by atoms with van der Waals surface area (Å²) in [5.74, 6) is -1.30. The molecule has 1 fully saturated rings. The Balaban J connectivity index is 1.72. The number of para-hydroxylation sites is 2. The van der Waals surface area contributed by atoms with E-state index in [0.29, 0.717) is 17.0 Å². The lowest BCUT2D eigenvalue weighted by Gasteiger charge is -2.16. The molecule has 3 N–H and O–H groups in total. The van der Waals surface area contributed by atoms with Gasteiger partial charge in [-0.2, -0.15) is 5.01 Å². The van der Waals surface area contributed by atoms with Gasteiger partial charge in [0.1, 0.15) is 5.75 Å². The first-order valence-corrected chi connectivity index (χ1v) is 9.51. The zero-order chi connectivity index (χ0) is 20.8. The molecule has 0 bridgehead atoms. The highest BCUT2D eigenvalue weighted by Gasteiger charge is 2.33. The van der Waals surface area contributed by atoms with Crippen LogP contribution in [0.1, 0.15) is 5.56 Å². The molecule has 8 nitrogen and oxygen atoms in total. The molecule has 148 valence electrons. The van der Waals surface area contributed by atoms with Gasteiger partial charge in [0.15, 0.2) is 10.9 Å². The first-order valence-electron chi connectivity index (χ1n) is 8.28. The van der Waals surface area contributed by atoms with Gasteiger partial charge < -0.3 is 15.2 Å². The van der Waals surface area contributed by atoms with E-state index in [0.717, 1.165) is 16.8 Å². The lowest BCUT2D eigenvalue weighted by atomic mass is 10.2. The van der Waals surface area contributed by atoms with Gasteiger partial charge >= 0.3 is 12.0 Å². The quantitative estimate of drug-likeness (QED) is 0.478. The zero-order valence-corrected chi connectivity index (χ0v) is 16.5. The van der Waals surface area contributed by atoms with E-state index in [1.54, 1.807) is 48.5 Å². The number of thioether (sulfide) groups is 1. The summed E-state index contributed by atoms with van der Waals surface area (Å²) in [6.45, 7) is -0.507. The van der Waals surface area contributed by atoms with Crippen LogP contribution in [0.3, 0.4) is 0 Å². The van der Waals surface area contributed by atoms with Crippen molar-refractivity contribution in [3.05, 3.63) is 65.1 Å². The highest BCUT2D eigenvalue weighted by molar-refractivity contribution is 8.26. The number of urea groups is 1. The Kier molecular flexibility index (Phi) is 6.47. The molecule has 0 aliphatic carbocycles. The van der Waals surface area contributed by atoms with Crippen LogP contribution in [0.4, 0.5) is 10.5 Å². The lowest BCUT2D eigenvalue weighted by Crippen LogP contribution is -2.46. The van der Waals surface area contributed by atoms with E-state index < -0.39 is 24.5 Å². The van der Waals surface area contributed by atoms with Crippen LogP contribution in [0.15, 0.2) is 59.5 Å². The van der Waals surface area contributed by atoms with Gasteiger partial charge in [-0.1, -0.05) is 48.2 Å². The summed E-state index contributed by atoms with van der Waals surface area (Å²) >= 11 is 6.20. The van der Waals surface area contributed by atoms with E-state index in [4.69, 9.17) is 22.1 Å². The first-order chi connectivity index (χ1) is 13.9. The minimum Gasteiger partial charge on any atom is -0.481 e. The molecule has 2 aromatic rings. The number of aliphatic carboxylic acids is 1. The van der Waals surface area contributed by atoms with Crippen LogP contribution in [-0.4, -0.2) is 39.0 Å². The molecule has 2 aromatic carbocycles. The predicted octanol–water partition coefficient (Wildman–Crippen LogP) is 3.09. The van der Waals surface area contributed by atoms with Gasteiger partial charge in [0, 0.05) is 11.3 Å². The van der Waals surface area contributed by atoms with Crippen molar-refractivity contribution in [3.8, 4) is 5.75 Å². The molecule has 1 aliphatic rings. The molecule has 3 rings (SSSR count). The first kappa shape index (κ1) is 20.4. The Hall–Kier alpha value is -3.37. The van der Waals surface area contributed by atoms with Crippen molar-refractivity contribution in [3.63, 3.8) is 0 Å². The number of rotatable bonds is 6. The SMILES string of the molecule is O=C(O)COc1ccccc1C=C1SC(=S)N(NC(=O)Nc2ccccc2)C1=O. The number of nitrogens with one attached hydrogen (secondary N) is 2. The van der Waals surface area contributed by atoms with Crippen molar-refractivity contribution in [2.24, 2.45) is 0 Å². The number of carboxylic acids is 1. The maximum Gasteiger partial charge on any atom is 0.341 e. The predicted molar refractivity (Wildman–Crippen MR) is 113 cm³/mol. The lowest BCUT2D eigenvalue weighted by molar-refractivity contribution is -0.139. The summed E-state index contributed by atoms with van der Waals surface area (Å²) in [7, 11) is 0. The smallest absolute Gasteiger partial charge is 0.341 e. The van der Waals surface area contributed by atoms with E-state index in [9.17, 15) is 14.4 Å². The van der Waals surface area contributed by atoms with Gasteiger partial charge in [-0.05, 0) is 36.5 Å². The van der Waals surface area contributed by atoms with Gasteiger partial charge in [-0.3, -0.25) is 4.79 Å². The minimum absolute atomic E-state index is 0.161. The summed E-state index contributed by atoms with van der Waals surface area (Å²) in [6, 6.07) is 14.8. The van der Waals surface area contributed by atoms with Crippen molar-refractivity contribution in [1.82, 2.24) is 10.4 Å². The van der Waals surface area contributed by atoms with Crippen LogP contribution in [0.5, 0.6) is 5.75 Å². The molecule has 1 aliphatic heterocycles. The van der Waals surface area contributed by atoms with Crippen LogP contribution in [0.25, 0.3) is 6.08 Å². The van der Waals surface area contributed by atoms with Crippen molar-refractivity contribution in [2.45, 2.75) is 0 Å². The number of carbonyl (C=O) groups is 3. The van der Waals surface area contributed by atoms with E-state index in [-0.39, 0.29) is 9.23 Å². The molecular weight excluding hydrogens is 414 g/mol. The molecular formula is C19H15N3O5S2. The average Bonchev–Trinajstić information content (AvgIpc) is 2.95. The standard InChI is InChI=1S/C19H15N3O5S2/c23-16(24)11-27-14-9-5-4-6-12(14)10-15-17(25)22(19(28)29-15)21-18(26)20-13-7-2-1-3-8-13/h1-10H,11H2,(H,23,24)(H2,20,21,26). The highest BCUT2D eigenvalue weighted by atomic mass is 32.2. The number of carbonyl (C=O) groups excluding carboxylic acids is 2. The molecule has 0 spiro atoms. The second-order valence-electron chi connectivity index (χ2n) is 5.67. The largest absolute Gasteiger partial charge is 0.481 e. The zero-order valence-electron chi connectivity index (χ0n) is 14.8. The highest BCUT2D eigenvalue weighted by Crippen LogP contribution is 2.33. The van der Waals surface area contributed by atoms with Gasteiger partial charge in [0.2, 0.25) is 0 Å². The second kappa shape index (κ2) is 9.22. The summed E-state index contributed by atoms with van der Waals surface area (Å²) in [6.07, 6.45) is 1.53. The summed E-state index contributed by atoms with van der Waals surface area (Å²) in [5, 5.41) is 12.4. The molecule has 0 radical (unpaired) electrons. The van der Waals surface area contributed by atoms with Crippen LogP contribution < -0.4 is 15.5 Å². The average molecular weight is 429 g/mol. The number of nitrogens with zero attached hydrogens (tertiary/aromatic N) is 1. The number of benzene rings is 2. The van der Waals surface area contributed by atoms with E-state index in [2.05, 4.69) is 10.7 Å². The number of carboxylic acid groups (broad SMARTS) is 1. The Morgan fingerprint density at radius 2 is 1.83 bits per heavy atom. The fraction of sp³-hybridized carbons (Fsp3) is 0.0526. The minimum atomic E-state index is -1.11. The van der Waals surface area contributed by atoms with E-state index in [1.165, 1.54) is 6.08 Å². The molecule has 3 amide bonds. The fourth-order valence-electron chi connectivity index (χ4n) is 2.36. The molecule has 1 heterocycles. The third-order valence-electron chi connectivity index (χ3n) is 3.60. The second-order valence-corrected chi connectivity index (χ2v) is 7.35. The van der Waals surface area contributed by atoms with Crippen molar-refractivity contribution < 1.29 is 24.2 Å². The third-order valence-corrected chi connectivity index (χ3v) is 4.90. The molecule has 0 unspecified atom stereocenters. The number of amides is 3.